The van der Waals surface area contributed by atoms with E-state index in [1.807, 2.05) is 36.0 Å². The number of hydrogen-bond donors (Lipinski definition) is 1. The molecule has 1 N–H and O–H groups in total. The van der Waals surface area contributed by atoms with E-state index in [1.54, 1.807) is 20.4 Å². The van der Waals surface area contributed by atoms with Crippen molar-refractivity contribution >= 4 is 0 Å². The van der Waals surface area contributed by atoms with Crippen LogP contribution in [0.4, 0.5) is 0 Å². The van der Waals surface area contributed by atoms with Crippen LogP contribution in [0.2, 0.25) is 0 Å². The Labute approximate surface area is 113 Å². The molecule has 0 saturated heterocycles. The molecule has 0 fully saturated rings. The lowest BCUT2D eigenvalue weighted by Crippen LogP contribution is -2.16. The van der Waals surface area contributed by atoms with Gasteiger partial charge in [-0.05, 0) is 6.07 Å². The van der Waals surface area contributed by atoms with E-state index in [-0.39, 0.29) is 0 Å². The van der Waals surface area contributed by atoms with E-state index in [9.17, 15) is 0 Å². The largest absolute Gasteiger partial charge is 0.497 e. The normalized spacial score (nSPS) is 10.5. The second-order valence-corrected chi connectivity index (χ2v) is 4.24. The van der Waals surface area contributed by atoms with E-state index in [1.165, 1.54) is 0 Å². The first-order chi connectivity index (χ1) is 9.24. The van der Waals surface area contributed by atoms with Crippen LogP contribution in [-0.4, -0.2) is 23.8 Å². The standard InChI is InChI=1S/C14H19N3O2/c1-17-7-6-16-14(17)10-15-9-11-4-5-12(18-2)8-13(11)19-3/h4-8,15H,9-10H2,1-3H3. The van der Waals surface area contributed by atoms with Crippen LogP contribution in [0.25, 0.3) is 0 Å². The van der Waals surface area contributed by atoms with Crippen LogP contribution in [0.15, 0.2) is 30.6 Å². The van der Waals surface area contributed by atoms with Crippen molar-refractivity contribution in [1.29, 1.82) is 0 Å². The second kappa shape index (κ2) is 6.24. The number of aromatic nitrogens is 2. The molecular formula is C14H19N3O2. The van der Waals surface area contributed by atoms with Gasteiger partial charge in [0.2, 0.25) is 0 Å². The van der Waals surface area contributed by atoms with Crippen LogP contribution in [0, 0.1) is 0 Å². The summed E-state index contributed by atoms with van der Waals surface area (Å²) in [5, 5.41) is 3.35. The van der Waals surface area contributed by atoms with Gasteiger partial charge in [-0.15, -0.1) is 0 Å². The Balaban J connectivity index is 1.97. The Morgan fingerprint density at radius 2 is 2.05 bits per heavy atom. The Morgan fingerprint density at radius 3 is 2.68 bits per heavy atom. The zero-order valence-corrected chi connectivity index (χ0v) is 11.5. The van der Waals surface area contributed by atoms with Gasteiger partial charge < -0.3 is 19.4 Å². The molecule has 0 aliphatic carbocycles. The minimum atomic E-state index is 0.721. The number of rotatable bonds is 6. The molecule has 102 valence electrons. The number of hydrogen-bond acceptors (Lipinski definition) is 4. The van der Waals surface area contributed by atoms with Crippen LogP contribution in [0.5, 0.6) is 11.5 Å². The van der Waals surface area contributed by atoms with Crippen molar-refractivity contribution < 1.29 is 9.47 Å². The topological polar surface area (TPSA) is 48.3 Å². The van der Waals surface area contributed by atoms with Crippen molar-refractivity contribution in [2.75, 3.05) is 14.2 Å². The van der Waals surface area contributed by atoms with Crippen LogP contribution < -0.4 is 14.8 Å². The Morgan fingerprint density at radius 1 is 1.21 bits per heavy atom. The number of imidazole rings is 1. The summed E-state index contributed by atoms with van der Waals surface area (Å²) in [6, 6.07) is 5.82. The third-order valence-corrected chi connectivity index (χ3v) is 3.01. The molecule has 0 spiro atoms. The van der Waals surface area contributed by atoms with Gasteiger partial charge in [0.15, 0.2) is 0 Å². The smallest absolute Gasteiger partial charge is 0.127 e. The molecule has 1 aromatic carbocycles. The van der Waals surface area contributed by atoms with E-state index < -0.39 is 0 Å². The molecular weight excluding hydrogens is 242 g/mol. The van der Waals surface area contributed by atoms with Gasteiger partial charge in [0.1, 0.15) is 17.3 Å². The quantitative estimate of drug-likeness (QED) is 0.860. The Bertz CT molecular complexity index is 537. The summed E-state index contributed by atoms with van der Waals surface area (Å²) in [5.74, 6) is 2.63. The summed E-state index contributed by atoms with van der Waals surface area (Å²) in [7, 11) is 5.29. The van der Waals surface area contributed by atoms with Crippen LogP contribution in [0.1, 0.15) is 11.4 Å². The average molecular weight is 261 g/mol. The van der Waals surface area contributed by atoms with Crippen LogP contribution >= 0.6 is 0 Å². The Hall–Kier alpha value is -2.01. The van der Waals surface area contributed by atoms with Gasteiger partial charge in [-0.1, -0.05) is 6.07 Å². The molecule has 0 saturated carbocycles. The van der Waals surface area contributed by atoms with Crippen molar-refractivity contribution in [3.05, 3.63) is 42.0 Å². The molecule has 0 atom stereocenters. The molecule has 0 unspecified atom stereocenters. The maximum atomic E-state index is 5.36. The summed E-state index contributed by atoms with van der Waals surface area (Å²) in [5.41, 5.74) is 1.09. The highest BCUT2D eigenvalue weighted by atomic mass is 16.5. The molecule has 5 heteroatoms. The lowest BCUT2D eigenvalue weighted by atomic mass is 10.2. The molecule has 0 amide bonds. The average Bonchev–Trinajstić information content (AvgIpc) is 2.84. The monoisotopic (exact) mass is 261 g/mol. The van der Waals surface area contributed by atoms with Gasteiger partial charge >= 0.3 is 0 Å². The molecule has 2 rings (SSSR count). The maximum absolute atomic E-state index is 5.36. The highest BCUT2D eigenvalue weighted by Gasteiger charge is 2.05. The van der Waals surface area contributed by atoms with Gasteiger partial charge in [0.25, 0.3) is 0 Å². The molecule has 2 aromatic rings. The molecule has 0 aliphatic heterocycles. The number of ether oxygens (including phenoxy) is 2. The number of nitrogens with zero attached hydrogens (tertiary/aromatic N) is 2. The van der Waals surface area contributed by atoms with E-state index >= 15 is 0 Å². The van der Waals surface area contributed by atoms with Crippen molar-refractivity contribution in [3.63, 3.8) is 0 Å². The molecule has 5 nitrogen and oxygen atoms in total. The SMILES string of the molecule is COc1ccc(CNCc2nccn2C)c(OC)c1. The Kier molecular flexibility index (Phi) is 4.41. The lowest BCUT2D eigenvalue weighted by Gasteiger charge is -2.11. The number of nitrogens with one attached hydrogen (secondary N) is 1. The van der Waals surface area contributed by atoms with E-state index in [2.05, 4.69) is 10.3 Å². The number of methoxy groups -OCH3 is 2. The van der Waals surface area contributed by atoms with Crippen LogP contribution in [-0.2, 0) is 20.1 Å². The number of aryl methyl sites for hydroxylation is 1. The summed E-state index contributed by atoms with van der Waals surface area (Å²) in [4.78, 5) is 4.27. The minimum absolute atomic E-state index is 0.721. The van der Waals surface area contributed by atoms with Gasteiger partial charge in [-0.2, -0.15) is 0 Å². The van der Waals surface area contributed by atoms with E-state index in [0.717, 1.165) is 36.0 Å². The first kappa shape index (κ1) is 13.4. The fourth-order valence-electron chi connectivity index (χ4n) is 1.87. The molecule has 1 heterocycles. The van der Waals surface area contributed by atoms with E-state index in [4.69, 9.17) is 9.47 Å². The predicted molar refractivity (Wildman–Crippen MR) is 73.3 cm³/mol. The van der Waals surface area contributed by atoms with Crippen molar-refractivity contribution in [2.24, 2.45) is 7.05 Å². The van der Waals surface area contributed by atoms with Crippen molar-refractivity contribution in [3.8, 4) is 11.5 Å². The van der Waals surface area contributed by atoms with Crippen molar-refractivity contribution in [1.82, 2.24) is 14.9 Å². The predicted octanol–water partition coefficient (Wildman–Crippen LogP) is 1.73. The fraction of sp³-hybridized carbons (Fsp3) is 0.357. The summed E-state index contributed by atoms with van der Waals surface area (Å²) in [6.45, 7) is 1.44. The van der Waals surface area contributed by atoms with Crippen LogP contribution in [0.3, 0.4) is 0 Å². The molecule has 0 bridgehead atoms. The third-order valence-electron chi connectivity index (χ3n) is 3.01. The van der Waals surface area contributed by atoms with Crippen molar-refractivity contribution in [2.45, 2.75) is 13.1 Å². The van der Waals surface area contributed by atoms with Gasteiger partial charge in [-0.3, -0.25) is 0 Å². The fourth-order valence-corrected chi connectivity index (χ4v) is 1.87. The molecule has 19 heavy (non-hydrogen) atoms. The molecule has 0 radical (unpaired) electrons. The first-order valence-corrected chi connectivity index (χ1v) is 6.12. The second-order valence-electron chi connectivity index (χ2n) is 4.24. The highest BCUT2D eigenvalue weighted by Crippen LogP contribution is 2.24. The van der Waals surface area contributed by atoms with Gasteiger partial charge in [-0.25, -0.2) is 4.98 Å². The summed E-state index contributed by atoms with van der Waals surface area (Å²) in [6.07, 6.45) is 3.73. The lowest BCUT2D eigenvalue weighted by molar-refractivity contribution is 0.389. The van der Waals surface area contributed by atoms with Gasteiger partial charge in [0, 0.05) is 37.6 Å². The van der Waals surface area contributed by atoms with E-state index in [0.29, 0.717) is 0 Å². The maximum Gasteiger partial charge on any atom is 0.127 e. The molecule has 1 aromatic heterocycles. The number of benzene rings is 1. The summed E-state index contributed by atoms with van der Waals surface area (Å²) >= 11 is 0. The zero-order valence-electron chi connectivity index (χ0n) is 11.5. The highest BCUT2D eigenvalue weighted by molar-refractivity contribution is 5.40. The minimum Gasteiger partial charge on any atom is -0.497 e. The third kappa shape index (κ3) is 3.26. The van der Waals surface area contributed by atoms with Gasteiger partial charge in [0.05, 0.1) is 20.8 Å². The first-order valence-electron chi connectivity index (χ1n) is 6.12. The summed E-state index contributed by atoms with van der Waals surface area (Å²) < 4.78 is 12.5. The zero-order chi connectivity index (χ0) is 13.7. The molecule has 0 aliphatic rings.